The van der Waals surface area contributed by atoms with Crippen molar-refractivity contribution in [1.82, 2.24) is 34.7 Å². The van der Waals surface area contributed by atoms with Gasteiger partial charge in [-0.15, -0.1) is 5.10 Å². The third kappa shape index (κ3) is 6.07. The number of likely N-dealkylation sites (tertiary alicyclic amines) is 2. The summed E-state index contributed by atoms with van der Waals surface area (Å²) in [6.07, 6.45) is 2.83. The molecule has 2 N–H and O–H groups in total. The van der Waals surface area contributed by atoms with E-state index in [9.17, 15) is 14.0 Å². The summed E-state index contributed by atoms with van der Waals surface area (Å²) in [7, 11) is 1.78. The van der Waals surface area contributed by atoms with Crippen molar-refractivity contribution in [2.75, 3.05) is 50.0 Å². The highest BCUT2D eigenvalue weighted by molar-refractivity contribution is 5.94. The Balaban J connectivity index is 0.951. The summed E-state index contributed by atoms with van der Waals surface area (Å²) in [5.41, 5.74) is 4.36. The Kier molecular flexibility index (Phi) is 8.12. The topological polar surface area (TPSA) is 120 Å². The minimum absolute atomic E-state index is 0.225. The summed E-state index contributed by atoms with van der Waals surface area (Å²) >= 11 is 0. The number of piperidine rings is 1. The largest absolute Gasteiger partial charge is 0.444 e. The van der Waals surface area contributed by atoms with E-state index < -0.39 is 47.7 Å². The van der Waals surface area contributed by atoms with Crippen molar-refractivity contribution in [2.24, 2.45) is 5.41 Å². The molecule has 8 rings (SSSR count). The number of pyridine rings is 1. The standard InChI is InChI=1S/C37H42F3N9O3/c1-35(2,3)52-34(51)47-13-11-36(37(39,40)21-47)19-46(20-36)18-22-8-9-26(42-16-22)23-6-5-7-29-24(23)10-12-48(29)31-15-28(41-4)32-43-17-30(49(32)45-31)33(50)44-27-14-25(27)38/h5-9,15-17,25,27,41H,10-14,18-21H2,1-4H3,(H,44,50). The molecular formula is C37H42F3N9O3. The molecule has 0 radical (unpaired) electrons. The molecule has 4 aliphatic rings. The van der Waals surface area contributed by atoms with Crippen molar-refractivity contribution >= 4 is 34.8 Å². The molecule has 2 saturated heterocycles. The summed E-state index contributed by atoms with van der Waals surface area (Å²) in [5, 5.41) is 10.7. The Hall–Kier alpha value is -4.92. The highest BCUT2D eigenvalue weighted by Gasteiger charge is 2.63. The zero-order valence-electron chi connectivity index (χ0n) is 29.6. The molecule has 12 nitrogen and oxygen atoms in total. The average Bonchev–Trinajstić information content (AvgIpc) is 3.42. The molecule has 1 spiro atoms. The highest BCUT2D eigenvalue weighted by atomic mass is 19.3. The van der Waals surface area contributed by atoms with Gasteiger partial charge in [-0.25, -0.2) is 27.5 Å². The van der Waals surface area contributed by atoms with Crippen LogP contribution in [0.1, 0.15) is 55.2 Å². The molecule has 0 bridgehead atoms. The Morgan fingerprint density at radius 1 is 1.06 bits per heavy atom. The lowest BCUT2D eigenvalue weighted by Crippen LogP contribution is -2.70. The van der Waals surface area contributed by atoms with Crippen LogP contribution in [0.3, 0.4) is 0 Å². The first-order chi connectivity index (χ1) is 24.7. The molecule has 2 atom stereocenters. The van der Waals surface area contributed by atoms with Gasteiger partial charge in [-0.3, -0.25) is 14.7 Å². The molecule has 2 unspecified atom stereocenters. The summed E-state index contributed by atoms with van der Waals surface area (Å²) < 4.78 is 51.2. The Labute approximate surface area is 299 Å². The highest BCUT2D eigenvalue weighted by Crippen LogP contribution is 2.50. The summed E-state index contributed by atoms with van der Waals surface area (Å²) in [5.74, 6) is -2.80. The monoisotopic (exact) mass is 717 g/mol. The molecule has 1 saturated carbocycles. The van der Waals surface area contributed by atoms with Crippen LogP contribution < -0.4 is 15.5 Å². The predicted octanol–water partition coefficient (Wildman–Crippen LogP) is 5.45. The van der Waals surface area contributed by atoms with E-state index in [0.29, 0.717) is 36.7 Å². The van der Waals surface area contributed by atoms with Gasteiger partial charge in [0.1, 0.15) is 11.8 Å². The van der Waals surface area contributed by atoms with Gasteiger partial charge < -0.3 is 25.2 Å². The molecule has 1 aliphatic carbocycles. The van der Waals surface area contributed by atoms with Gasteiger partial charge in [0, 0.05) is 69.7 Å². The molecular weight excluding hydrogens is 675 g/mol. The molecule has 1 aromatic carbocycles. The number of fused-ring (bicyclic) bond motifs is 2. The van der Waals surface area contributed by atoms with Crippen LogP contribution in [-0.2, 0) is 17.7 Å². The van der Waals surface area contributed by atoms with Gasteiger partial charge in [-0.1, -0.05) is 18.2 Å². The first kappa shape index (κ1) is 34.2. The second kappa shape index (κ2) is 12.3. The molecule has 3 fully saturated rings. The minimum Gasteiger partial charge on any atom is -0.444 e. The molecule has 3 aromatic heterocycles. The number of imidazole rings is 1. The van der Waals surface area contributed by atoms with E-state index in [-0.39, 0.29) is 31.7 Å². The van der Waals surface area contributed by atoms with Crippen LogP contribution in [0.5, 0.6) is 0 Å². The van der Waals surface area contributed by atoms with Crippen molar-refractivity contribution < 1.29 is 27.5 Å². The second-order valence-corrected chi connectivity index (χ2v) is 15.4. The van der Waals surface area contributed by atoms with Gasteiger partial charge in [-0.05, 0) is 56.9 Å². The number of aromatic nitrogens is 4. The maximum Gasteiger partial charge on any atom is 0.410 e. The number of nitrogens with zero attached hydrogens (tertiary/aromatic N) is 7. The maximum absolute atomic E-state index is 15.4. The normalized spacial score (nSPS) is 21.9. The smallest absolute Gasteiger partial charge is 0.410 e. The fourth-order valence-corrected chi connectivity index (χ4v) is 7.64. The van der Waals surface area contributed by atoms with Crippen LogP contribution in [0.4, 0.5) is 35.2 Å². The molecule has 3 aliphatic heterocycles. The molecule has 52 heavy (non-hydrogen) atoms. The number of carbonyl (C=O) groups excluding carboxylic acids is 2. The second-order valence-electron chi connectivity index (χ2n) is 15.4. The number of rotatable bonds is 7. The van der Waals surface area contributed by atoms with Crippen molar-refractivity contribution in [3.63, 3.8) is 0 Å². The summed E-state index contributed by atoms with van der Waals surface area (Å²) in [4.78, 5) is 39.8. The van der Waals surface area contributed by atoms with Crippen molar-refractivity contribution in [3.8, 4) is 11.3 Å². The van der Waals surface area contributed by atoms with Crippen LogP contribution in [0, 0.1) is 5.41 Å². The van der Waals surface area contributed by atoms with Gasteiger partial charge in [0.25, 0.3) is 11.8 Å². The fourth-order valence-electron chi connectivity index (χ4n) is 7.64. The van der Waals surface area contributed by atoms with Gasteiger partial charge in [0.15, 0.2) is 17.2 Å². The predicted molar refractivity (Wildman–Crippen MR) is 189 cm³/mol. The van der Waals surface area contributed by atoms with E-state index >= 15 is 8.78 Å². The van der Waals surface area contributed by atoms with E-state index in [4.69, 9.17) is 14.8 Å². The number of alkyl halides is 3. The van der Waals surface area contributed by atoms with Gasteiger partial charge in [-0.2, -0.15) is 0 Å². The quantitative estimate of drug-likeness (QED) is 0.258. The summed E-state index contributed by atoms with van der Waals surface area (Å²) in [6.45, 7) is 6.47. The van der Waals surface area contributed by atoms with Gasteiger partial charge in [0.2, 0.25) is 0 Å². The van der Waals surface area contributed by atoms with Crippen LogP contribution in [0.25, 0.3) is 16.9 Å². The van der Waals surface area contributed by atoms with Crippen LogP contribution in [-0.4, -0.2) is 105 Å². The van der Waals surface area contributed by atoms with E-state index in [1.165, 1.54) is 10.7 Å². The molecule has 2 amide bonds. The van der Waals surface area contributed by atoms with Gasteiger partial charge in [0.05, 0.1) is 35.6 Å². The lowest BCUT2D eigenvalue weighted by atomic mass is 9.69. The Morgan fingerprint density at radius 3 is 2.52 bits per heavy atom. The van der Waals surface area contributed by atoms with Crippen molar-refractivity contribution in [3.05, 3.63) is 65.6 Å². The van der Waals surface area contributed by atoms with E-state index in [1.54, 1.807) is 27.8 Å². The average molecular weight is 718 g/mol. The molecule has 6 heterocycles. The SMILES string of the molecule is CNc1cc(N2CCc3c(-c4ccc(CN5CC6(CCN(C(=O)OC(C)(C)C)CC6(F)F)C5)cn4)cccc32)nn2c(C(=O)NC3CC3F)cnc12. The third-order valence-corrected chi connectivity index (χ3v) is 10.5. The molecule has 15 heteroatoms. The van der Waals surface area contributed by atoms with Gasteiger partial charge >= 0.3 is 6.09 Å². The van der Waals surface area contributed by atoms with Crippen molar-refractivity contribution in [2.45, 2.75) is 70.3 Å². The number of anilines is 3. The lowest BCUT2D eigenvalue weighted by Gasteiger charge is -2.57. The lowest BCUT2D eigenvalue weighted by molar-refractivity contribution is -0.223. The number of nitrogens with one attached hydrogen (secondary N) is 2. The number of benzene rings is 1. The van der Waals surface area contributed by atoms with Crippen molar-refractivity contribution in [1.29, 1.82) is 0 Å². The third-order valence-electron chi connectivity index (χ3n) is 10.5. The number of hydrogen-bond acceptors (Lipinski definition) is 9. The van der Waals surface area contributed by atoms with E-state index in [0.717, 1.165) is 39.4 Å². The molecule has 4 aromatic rings. The first-order valence-electron chi connectivity index (χ1n) is 17.7. The van der Waals surface area contributed by atoms with Crippen LogP contribution >= 0.6 is 0 Å². The zero-order chi connectivity index (χ0) is 36.6. The molecule has 274 valence electrons. The fraction of sp³-hybridized carbons (Fsp3) is 0.486. The zero-order valence-corrected chi connectivity index (χ0v) is 29.6. The number of carbonyl (C=O) groups is 2. The Morgan fingerprint density at radius 2 is 1.85 bits per heavy atom. The van der Waals surface area contributed by atoms with Crippen LogP contribution in [0.15, 0.2) is 48.8 Å². The summed E-state index contributed by atoms with van der Waals surface area (Å²) in [6, 6.07) is 11.4. The van der Waals surface area contributed by atoms with E-state index in [1.807, 2.05) is 47.5 Å². The first-order valence-corrected chi connectivity index (χ1v) is 17.7. The number of ether oxygens (including phenoxy) is 1. The van der Waals surface area contributed by atoms with Crippen LogP contribution in [0.2, 0.25) is 0 Å². The number of amides is 2. The number of halogens is 3. The maximum atomic E-state index is 15.4. The number of hydrogen-bond donors (Lipinski definition) is 2. The minimum atomic E-state index is -3.01. The van der Waals surface area contributed by atoms with E-state index in [2.05, 4.69) is 20.5 Å². The Bertz CT molecular complexity index is 2040.